The van der Waals surface area contributed by atoms with E-state index in [9.17, 15) is 4.79 Å². The van der Waals surface area contributed by atoms with Crippen molar-refractivity contribution in [3.63, 3.8) is 0 Å². The van der Waals surface area contributed by atoms with E-state index in [1.54, 1.807) is 12.1 Å². The van der Waals surface area contributed by atoms with Gasteiger partial charge in [-0.05, 0) is 30.2 Å². The number of carbonyl (C=O) groups is 1. The minimum atomic E-state index is -0.0485. The van der Waals surface area contributed by atoms with Gasteiger partial charge >= 0.3 is 0 Å². The molecule has 1 fully saturated rings. The van der Waals surface area contributed by atoms with E-state index in [0.717, 1.165) is 13.1 Å². The Balaban J connectivity index is 0.00000225. The monoisotopic (exact) mass is 379 g/mol. The van der Waals surface area contributed by atoms with E-state index in [2.05, 4.69) is 34.5 Å². The number of halogens is 2. The summed E-state index contributed by atoms with van der Waals surface area (Å²) in [4.78, 5) is 14.5. The molecule has 3 rings (SSSR count). The van der Waals surface area contributed by atoms with Crippen molar-refractivity contribution in [2.45, 2.75) is 5.92 Å². The first-order valence-corrected chi connectivity index (χ1v) is 8.57. The van der Waals surface area contributed by atoms with Gasteiger partial charge in [-0.2, -0.15) is 0 Å². The van der Waals surface area contributed by atoms with E-state index < -0.39 is 0 Å². The van der Waals surface area contributed by atoms with Gasteiger partial charge in [0.2, 0.25) is 5.91 Å². The lowest BCUT2D eigenvalue weighted by Crippen LogP contribution is -2.32. The number of nitrogens with zero attached hydrogens (tertiary/aromatic N) is 1. The molecule has 0 radical (unpaired) electrons. The number of para-hydroxylation sites is 1. The van der Waals surface area contributed by atoms with Crippen LogP contribution in [0.15, 0.2) is 54.6 Å². The first-order chi connectivity index (χ1) is 11.7. The van der Waals surface area contributed by atoms with Gasteiger partial charge in [-0.15, -0.1) is 12.4 Å². The smallest absolute Gasteiger partial charge is 0.238 e. The number of benzene rings is 2. The van der Waals surface area contributed by atoms with Gasteiger partial charge in [-0.3, -0.25) is 9.69 Å². The molecule has 3 N–H and O–H groups in total. The van der Waals surface area contributed by atoms with Gasteiger partial charge < -0.3 is 11.1 Å². The molecule has 134 valence electrons. The summed E-state index contributed by atoms with van der Waals surface area (Å²) in [6.07, 6.45) is 0. The normalized spacial score (nSPS) is 20.1. The summed E-state index contributed by atoms with van der Waals surface area (Å²) >= 11 is 6.09. The average molecular weight is 380 g/mol. The van der Waals surface area contributed by atoms with Crippen molar-refractivity contribution < 1.29 is 4.79 Å². The number of anilines is 1. The molecule has 0 unspecified atom stereocenters. The lowest BCUT2D eigenvalue weighted by Gasteiger charge is -2.16. The highest BCUT2D eigenvalue weighted by Crippen LogP contribution is 2.31. The van der Waals surface area contributed by atoms with Crippen LogP contribution < -0.4 is 11.1 Å². The Bertz CT molecular complexity index is 696. The molecule has 2 aromatic rings. The van der Waals surface area contributed by atoms with Gasteiger partial charge in [0, 0.05) is 19.0 Å². The van der Waals surface area contributed by atoms with Crippen molar-refractivity contribution in [3.05, 3.63) is 65.2 Å². The number of nitrogens with two attached hydrogens (primary N) is 1. The molecule has 2 atom stereocenters. The first-order valence-electron chi connectivity index (χ1n) is 8.19. The number of carbonyl (C=O) groups excluding carboxylic acids is 1. The fourth-order valence-electron chi connectivity index (χ4n) is 3.36. The second-order valence-electron chi connectivity index (χ2n) is 6.24. The first kappa shape index (κ1) is 19.7. The molecule has 0 spiro atoms. The standard InChI is InChI=1S/C19H22ClN3O.ClH/c20-17-8-4-5-9-18(17)22-19(24)13-23-11-15(10-21)16(12-23)14-6-2-1-3-7-14;/h1-9,15-16H,10-13,21H2,(H,22,24);1H/t15-,16+;/m1./s1. The van der Waals surface area contributed by atoms with E-state index in [4.69, 9.17) is 17.3 Å². The quantitative estimate of drug-likeness (QED) is 0.836. The Morgan fingerprint density at radius 2 is 1.80 bits per heavy atom. The van der Waals surface area contributed by atoms with E-state index in [1.165, 1.54) is 5.56 Å². The summed E-state index contributed by atoms with van der Waals surface area (Å²) in [5.41, 5.74) is 7.90. The van der Waals surface area contributed by atoms with Crippen molar-refractivity contribution in [1.29, 1.82) is 0 Å². The maximum atomic E-state index is 12.3. The Morgan fingerprint density at radius 3 is 2.48 bits per heavy atom. The van der Waals surface area contributed by atoms with Crippen molar-refractivity contribution in [3.8, 4) is 0 Å². The number of hydrogen-bond donors (Lipinski definition) is 2. The van der Waals surface area contributed by atoms with Crippen LogP contribution >= 0.6 is 24.0 Å². The van der Waals surface area contributed by atoms with Gasteiger partial charge in [0.15, 0.2) is 0 Å². The third kappa shape index (κ3) is 4.95. The SMILES string of the molecule is Cl.NC[C@@H]1CN(CC(=O)Nc2ccccc2Cl)C[C@H]1c1ccccc1. The maximum Gasteiger partial charge on any atom is 0.238 e. The molecule has 1 saturated heterocycles. The maximum absolute atomic E-state index is 12.3. The van der Waals surface area contributed by atoms with Crippen LogP contribution in [-0.4, -0.2) is 37.0 Å². The highest BCUT2D eigenvalue weighted by atomic mass is 35.5. The lowest BCUT2D eigenvalue weighted by molar-refractivity contribution is -0.117. The van der Waals surface area contributed by atoms with E-state index >= 15 is 0 Å². The van der Waals surface area contributed by atoms with Crippen molar-refractivity contribution >= 4 is 35.6 Å². The van der Waals surface area contributed by atoms with Crippen LogP contribution in [-0.2, 0) is 4.79 Å². The van der Waals surface area contributed by atoms with Gasteiger partial charge in [0.1, 0.15) is 0 Å². The predicted octanol–water partition coefficient (Wildman–Crippen LogP) is 3.37. The average Bonchev–Trinajstić information content (AvgIpc) is 3.00. The largest absolute Gasteiger partial charge is 0.330 e. The molecule has 1 heterocycles. The fraction of sp³-hybridized carbons (Fsp3) is 0.316. The van der Waals surface area contributed by atoms with Gasteiger partial charge in [-0.25, -0.2) is 0 Å². The van der Waals surface area contributed by atoms with E-state index in [0.29, 0.717) is 35.6 Å². The number of nitrogens with one attached hydrogen (secondary N) is 1. The number of rotatable bonds is 5. The summed E-state index contributed by atoms with van der Waals surface area (Å²) < 4.78 is 0. The Morgan fingerprint density at radius 1 is 1.12 bits per heavy atom. The van der Waals surface area contributed by atoms with Crippen molar-refractivity contribution in [1.82, 2.24) is 4.90 Å². The molecule has 0 aliphatic carbocycles. The molecule has 1 amide bonds. The molecule has 0 saturated carbocycles. The lowest BCUT2D eigenvalue weighted by atomic mass is 9.89. The van der Waals surface area contributed by atoms with Crippen LogP contribution in [0.25, 0.3) is 0 Å². The number of likely N-dealkylation sites (tertiary alicyclic amines) is 1. The molecule has 0 aromatic heterocycles. The zero-order valence-corrected chi connectivity index (χ0v) is 15.5. The molecule has 25 heavy (non-hydrogen) atoms. The molecule has 4 nitrogen and oxygen atoms in total. The van der Waals surface area contributed by atoms with Crippen LogP contribution in [0, 0.1) is 5.92 Å². The summed E-state index contributed by atoms with van der Waals surface area (Å²) in [7, 11) is 0. The minimum absolute atomic E-state index is 0. The third-order valence-electron chi connectivity index (χ3n) is 4.56. The van der Waals surface area contributed by atoms with Gasteiger partial charge in [0.25, 0.3) is 0 Å². The van der Waals surface area contributed by atoms with Crippen LogP contribution in [0.2, 0.25) is 5.02 Å². The second-order valence-corrected chi connectivity index (χ2v) is 6.64. The zero-order valence-electron chi connectivity index (χ0n) is 13.9. The predicted molar refractivity (Wildman–Crippen MR) is 105 cm³/mol. The molecule has 0 bridgehead atoms. The van der Waals surface area contributed by atoms with Crippen LogP contribution in [0.3, 0.4) is 0 Å². The Kier molecular flexibility index (Phi) is 7.26. The highest BCUT2D eigenvalue weighted by Gasteiger charge is 2.33. The highest BCUT2D eigenvalue weighted by molar-refractivity contribution is 6.33. The van der Waals surface area contributed by atoms with Crippen LogP contribution in [0.5, 0.6) is 0 Å². The van der Waals surface area contributed by atoms with Crippen molar-refractivity contribution in [2.24, 2.45) is 11.7 Å². The molecule has 1 aliphatic rings. The summed E-state index contributed by atoms with van der Waals surface area (Å²) in [6, 6.07) is 17.7. The Hall–Kier alpha value is -1.59. The van der Waals surface area contributed by atoms with Gasteiger partial charge in [-0.1, -0.05) is 54.1 Å². The molecule has 2 aromatic carbocycles. The molecular weight excluding hydrogens is 357 g/mol. The van der Waals surface area contributed by atoms with E-state index in [-0.39, 0.29) is 18.3 Å². The third-order valence-corrected chi connectivity index (χ3v) is 4.89. The summed E-state index contributed by atoms with van der Waals surface area (Å²) in [5, 5.41) is 3.43. The Labute approximate surface area is 159 Å². The van der Waals surface area contributed by atoms with Crippen LogP contribution in [0.4, 0.5) is 5.69 Å². The van der Waals surface area contributed by atoms with E-state index in [1.807, 2.05) is 18.2 Å². The minimum Gasteiger partial charge on any atom is -0.330 e. The summed E-state index contributed by atoms with van der Waals surface area (Å²) in [6.45, 7) is 2.67. The fourth-order valence-corrected chi connectivity index (χ4v) is 3.54. The molecule has 6 heteroatoms. The van der Waals surface area contributed by atoms with Crippen LogP contribution in [0.1, 0.15) is 11.5 Å². The number of hydrogen-bond acceptors (Lipinski definition) is 3. The van der Waals surface area contributed by atoms with Gasteiger partial charge in [0.05, 0.1) is 17.3 Å². The van der Waals surface area contributed by atoms with Crippen molar-refractivity contribution in [2.75, 3.05) is 31.5 Å². The zero-order chi connectivity index (χ0) is 16.9. The molecular formula is C19H23Cl2N3O. The summed E-state index contributed by atoms with van der Waals surface area (Å²) in [5.74, 6) is 0.706. The molecule has 1 aliphatic heterocycles. The number of amides is 1. The second kappa shape index (κ2) is 9.20. The topological polar surface area (TPSA) is 58.4 Å².